The van der Waals surface area contributed by atoms with Gasteiger partial charge in [0.15, 0.2) is 0 Å². The number of nitrogens with one attached hydrogen (secondary N) is 1. The Labute approximate surface area is 124 Å². The van der Waals surface area contributed by atoms with Crippen molar-refractivity contribution in [2.45, 2.75) is 0 Å². The van der Waals surface area contributed by atoms with Crippen LogP contribution < -0.4 is 10.1 Å². The highest BCUT2D eigenvalue weighted by atomic mass is 32.1. The number of amides is 1. The predicted molar refractivity (Wildman–Crippen MR) is 81.1 cm³/mol. The summed E-state index contributed by atoms with van der Waals surface area (Å²) in [5, 5.41) is 11.9. The van der Waals surface area contributed by atoms with Crippen molar-refractivity contribution in [3.63, 3.8) is 0 Å². The van der Waals surface area contributed by atoms with E-state index >= 15 is 0 Å². The molecule has 1 amide bonds. The fraction of sp³-hybridized carbons (Fsp3) is 0.0714. The van der Waals surface area contributed by atoms with Gasteiger partial charge >= 0.3 is 6.09 Å². The number of benzene rings is 1. The summed E-state index contributed by atoms with van der Waals surface area (Å²) < 4.78 is 5.93. The first-order valence-corrected chi connectivity index (χ1v) is 6.88. The summed E-state index contributed by atoms with van der Waals surface area (Å²) >= 11 is 1.48. The molecule has 2 aromatic heterocycles. The number of hydrogen-bond donors (Lipinski definition) is 2. The topological polar surface area (TPSA) is 84.3 Å². The Morgan fingerprint density at radius 3 is 2.86 bits per heavy atom. The van der Waals surface area contributed by atoms with Gasteiger partial charge in [-0.25, -0.2) is 14.8 Å². The van der Waals surface area contributed by atoms with Gasteiger partial charge in [-0.15, -0.1) is 11.3 Å². The van der Waals surface area contributed by atoms with Gasteiger partial charge in [-0.2, -0.15) is 0 Å². The molecule has 2 N–H and O–H groups in total. The minimum Gasteiger partial charge on any atom is -0.481 e. The molecule has 3 rings (SSSR count). The van der Waals surface area contributed by atoms with E-state index in [0.29, 0.717) is 11.6 Å². The standard InChI is InChI=1S/C14H11N3O3S/c1-20-12-5-2-8(7-15-12)13-17-10-4-3-9(16-14(18)19)6-11(10)21-13/h2-7,16H,1H3,(H,18,19). The van der Waals surface area contributed by atoms with Crippen molar-refractivity contribution in [1.29, 1.82) is 0 Å². The molecule has 1 aromatic carbocycles. The van der Waals surface area contributed by atoms with Gasteiger partial charge in [0.05, 0.1) is 17.3 Å². The van der Waals surface area contributed by atoms with Crippen molar-refractivity contribution < 1.29 is 14.6 Å². The lowest BCUT2D eigenvalue weighted by atomic mass is 10.3. The summed E-state index contributed by atoms with van der Waals surface area (Å²) in [5.74, 6) is 0.549. The fourth-order valence-corrected chi connectivity index (χ4v) is 2.87. The molecule has 0 saturated heterocycles. The van der Waals surface area contributed by atoms with Crippen molar-refractivity contribution in [3.05, 3.63) is 36.5 Å². The van der Waals surface area contributed by atoms with Crippen LogP contribution in [0.25, 0.3) is 20.8 Å². The van der Waals surface area contributed by atoms with Crippen LogP contribution in [0.2, 0.25) is 0 Å². The third-order valence-corrected chi connectivity index (χ3v) is 3.90. The van der Waals surface area contributed by atoms with E-state index < -0.39 is 6.09 Å². The van der Waals surface area contributed by atoms with Gasteiger partial charge in [0.2, 0.25) is 5.88 Å². The van der Waals surface area contributed by atoms with E-state index in [2.05, 4.69) is 15.3 Å². The highest BCUT2D eigenvalue weighted by Gasteiger charge is 2.08. The minimum absolute atomic E-state index is 0.526. The SMILES string of the molecule is COc1ccc(-c2nc3ccc(NC(=O)O)cc3s2)cn1. The number of carbonyl (C=O) groups is 1. The molecule has 0 radical (unpaired) electrons. The van der Waals surface area contributed by atoms with Crippen molar-refractivity contribution in [2.24, 2.45) is 0 Å². The van der Waals surface area contributed by atoms with E-state index in [1.54, 1.807) is 37.6 Å². The number of methoxy groups -OCH3 is 1. The molecule has 0 fully saturated rings. The van der Waals surface area contributed by atoms with Crippen LogP contribution in [0, 0.1) is 0 Å². The highest BCUT2D eigenvalue weighted by Crippen LogP contribution is 2.31. The Morgan fingerprint density at radius 2 is 2.19 bits per heavy atom. The van der Waals surface area contributed by atoms with E-state index in [9.17, 15) is 4.79 Å². The Morgan fingerprint density at radius 1 is 1.33 bits per heavy atom. The average Bonchev–Trinajstić information content (AvgIpc) is 2.90. The van der Waals surface area contributed by atoms with Crippen LogP contribution in [-0.2, 0) is 0 Å². The summed E-state index contributed by atoms with van der Waals surface area (Å²) in [6.45, 7) is 0. The Hall–Kier alpha value is -2.67. The molecule has 0 bridgehead atoms. The number of pyridine rings is 1. The summed E-state index contributed by atoms with van der Waals surface area (Å²) in [6.07, 6.45) is 0.617. The lowest BCUT2D eigenvalue weighted by Gasteiger charge is -1.98. The molecule has 21 heavy (non-hydrogen) atoms. The van der Waals surface area contributed by atoms with E-state index in [0.717, 1.165) is 20.8 Å². The van der Waals surface area contributed by atoms with Crippen LogP contribution in [0.1, 0.15) is 0 Å². The van der Waals surface area contributed by atoms with E-state index in [4.69, 9.17) is 9.84 Å². The number of aromatic nitrogens is 2. The summed E-state index contributed by atoms with van der Waals surface area (Å²) in [7, 11) is 1.57. The van der Waals surface area contributed by atoms with Crippen molar-refractivity contribution in [3.8, 4) is 16.5 Å². The first-order valence-electron chi connectivity index (χ1n) is 6.06. The molecule has 3 aromatic rings. The van der Waals surface area contributed by atoms with Crippen LogP contribution in [0.5, 0.6) is 5.88 Å². The first kappa shape index (κ1) is 13.3. The second-order valence-electron chi connectivity index (χ2n) is 4.22. The zero-order valence-corrected chi connectivity index (χ0v) is 11.8. The molecule has 0 atom stereocenters. The Bertz CT molecular complexity index is 799. The van der Waals surface area contributed by atoms with Gasteiger partial charge in [-0.1, -0.05) is 0 Å². The maximum Gasteiger partial charge on any atom is 0.409 e. The number of nitrogens with zero attached hydrogens (tertiary/aromatic N) is 2. The monoisotopic (exact) mass is 301 g/mol. The number of ether oxygens (including phenoxy) is 1. The van der Waals surface area contributed by atoms with Crippen LogP contribution in [-0.4, -0.2) is 28.3 Å². The maximum absolute atomic E-state index is 10.6. The molecule has 0 aliphatic rings. The molecular formula is C14H11N3O3S. The fourth-order valence-electron chi connectivity index (χ4n) is 1.88. The zero-order chi connectivity index (χ0) is 14.8. The summed E-state index contributed by atoms with van der Waals surface area (Å²) in [5.41, 5.74) is 2.24. The number of thiazole rings is 1. The van der Waals surface area contributed by atoms with Crippen LogP contribution in [0.3, 0.4) is 0 Å². The molecule has 2 heterocycles. The summed E-state index contributed by atoms with van der Waals surface area (Å²) in [4.78, 5) is 19.3. The number of rotatable bonds is 3. The molecule has 6 nitrogen and oxygen atoms in total. The van der Waals surface area contributed by atoms with Gasteiger partial charge < -0.3 is 9.84 Å². The first-order chi connectivity index (χ1) is 10.2. The molecule has 106 valence electrons. The van der Waals surface area contributed by atoms with E-state index in [1.165, 1.54) is 11.3 Å². The van der Waals surface area contributed by atoms with Crippen molar-refractivity contribution in [1.82, 2.24) is 9.97 Å². The number of fused-ring (bicyclic) bond motifs is 1. The van der Waals surface area contributed by atoms with Gasteiger partial charge in [0, 0.05) is 23.5 Å². The lowest BCUT2D eigenvalue weighted by Crippen LogP contribution is -2.06. The molecule has 0 spiro atoms. The van der Waals surface area contributed by atoms with E-state index in [-0.39, 0.29) is 0 Å². The quantitative estimate of drug-likeness (QED) is 0.774. The number of carboxylic acid groups (broad SMARTS) is 1. The normalized spacial score (nSPS) is 10.5. The minimum atomic E-state index is -1.08. The molecule has 7 heteroatoms. The molecule has 0 unspecified atom stereocenters. The van der Waals surface area contributed by atoms with E-state index in [1.807, 2.05) is 6.07 Å². The summed E-state index contributed by atoms with van der Waals surface area (Å²) in [6, 6.07) is 8.91. The second-order valence-corrected chi connectivity index (χ2v) is 5.25. The number of hydrogen-bond acceptors (Lipinski definition) is 5. The van der Waals surface area contributed by atoms with Gasteiger partial charge in [0.25, 0.3) is 0 Å². The number of anilines is 1. The Kier molecular flexibility index (Phi) is 3.41. The predicted octanol–water partition coefficient (Wildman–Crippen LogP) is 3.46. The van der Waals surface area contributed by atoms with Crippen molar-refractivity contribution in [2.75, 3.05) is 12.4 Å². The van der Waals surface area contributed by atoms with Gasteiger partial charge in [-0.05, 0) is 24.3 Å². The highest BCUT2D eigenvalue weighted by molar-refractivity contribution is 7.21. The zero-order valence-electron chi connectivity index (χ0n) is 11.0. The van der Waals surface area contributed by atoms with Crippen LogP contribution >= 0.6 is 11.3 Å². The Balaban J connectivity index is 1.97. The molecule has 0 saturated carbocycles. The molecule has 0 aliphatic carbocycles. The second kappa shape index (κ2) is 5.37. The van der Waals surface area contributed by atoms with Crippen molar-refractivity contribution >= 4 is 33.3 Å². The average molecular weight is 301 g/mol. The molecular weight excluding hydrogens is 290 g/mol. The lowest BCUT2D eigenvalue weighted by molar-refractivity contribution is 0.210. The third kappa shape index (κ3) is 2.77. The van der Waals surface area contributed by atoms with Gasteiger partial charge in [0.1, 0.15) is 5.01 Å². The molecule has 0 aliphatic heterocycles. The van der Waals surface area contributed by atoms with Gasteiger partial charge in [-0.3, -0.25) is 5.32 Å². The third-order valence-electron chi connectivity index (χ3n) is 2.83. The van der Waals surface area contributed by atoms with Crippen LogP contribution in [0.4, 0.5) is 10.5 Å². The maximum atomic E-state index is 10.6. The van der Waals surface area contributed by atoms with Crippen LogP contribution in [0.15, 0.2) is 36.5 Å². The largest absolute Gasteiger partial charge is 0.481 e. The smallest absolute Gasteiger partial charge is 0.409 e.